The molecule has 0 aliphatic carbocycles. The van der Waals surface area contributed by atoms with E-state index in [2.05, 4.69) is 30.2 Å². The van der Waals surface area contributed by atoms with Gasteiger partial charge in [0.2, 0.25) is 0 Å². The van der Waals surface area contributed by atoms with Crippen molar-refractivity contribution in [1.29, 1.82) is 0 Å². The Balaban J connectivity index is 1.84. The van der Waals surface area contributed by atoms with Gasteiger partial charge in [-0.2, -0.15) is 0 Å². The van der Waals surface area contributed by atoms with Crippen LogP contribution in [0, 0.1) is 5.92 Å². The molecule has 0 amide bonds. The number of hydrogen-bond acceptors (Lipinski definition) is 4. The van der Waals surface area contributed by atoms with Crippen LogP contribution in [0.1, 0.15) is 19.4 Å². The number of nitrogens with zero attached hydrogens (tertiary/aromatic N) is 1. The first-order valence-corrected chi connectivity index (χ1v) is 7.61. The van der Waals surface area contributed by atoms with Crippen LogP contribution in [-0.4, -0.2) is 36.5 Å². The Bertz CT molecular complexity index is 365. The Hall–Kier alpha value is -0.580. The summed E-state index contributed by atoms with van der Waals surface area (Å²) in [5, 5.41) is 3.35. The monoisotopic (exact) mass is 266 g/mol. The molecule has 100 valence electrons. The van der Waals surface area contributed by atoms with Crippen molar-refractivity contribution in [3.05, 3.63) is 24.0 Å². The van der Waals surface area contributed by atoms with Gasteiger partial charge < -0.3 is 10.1 Å². The molecule has 0 spiro atoms. The van der Waals surface area contributed by atoms with Crippen molar-refractivity contribution in [3.63, 3.8) is 0 Å². The lowest BCUT2D eigenvalue weighted by Gasteiger charge is -2.23. The van der Waals surface area contributed by atoms with Gasteiger partial charge >= 0.3 is 0 Å². The van der Waals surface area contributed by atoms with Crippen LogP contribution < -0.4 is 5.32 Å². The van der Waals surface area contributed by atoms with Crippen LogP contribution in [-0.2, 0) is 11.2 Å². The third-order valence-corrected chi connectivity index (χ3v) is 3.95. The van der Waals surface area contributed by atoms with E-state index in [1.165, 1.54) is 10.5 Å². The lowest BCUT2D eigenvalue weighted by atomic mass is 10.1. The highest BCUT2D eigenvalue weighted by Crippen LogP contribution is 2.21. The lowest BCUT2D eigenvalue weighted by Crippen LogP contribution is -2.39. The summed E-state index contributed by atoms with van der Waals surface area (Å²) in [5.41, 5.74) is 1.33. The Morgan fingerprint density at radius 2 is 2.39 bits per heavy atom. The standard InChI is InChI=1S/C14H22N2OS/c1-11(2)5-12-6-14(9-16-7-12)18-10-13-8-15-3-4-17-13/h6-7,9,11,13,15H,3-5,8,10H2,1-2H3. The van der Waals surface area contributed by atoms with E-state index in [4.69, 9.17) is 4.74 Å². The minimum absolute atomic E-state index is 0.331. The summed E-state index contributed by atoms with van der Waals surface area (Å²) in [6.45, 7) is 7.25. The van der Waals surface area contributed by atoms with Crippen LogP contribution in [0.25, 0.3) is 0 Å². The predicted octanol–water partition coefficient (Wildman–Crippen LogP) is 2.36. The predicted molar refractivity (Wildman–Crippen MR) is 76.1 cm³/mol. The zero-order valence-electron chi connectivity index (χ0n) is 11.2. The number of aromatic nitrogens is 1. The second kappa shape index (κ2) is 7.12. The Kier molecular flexibility index (Phi) is 5.47. The SMILES string of the molecule is CC(C)Cc1cncc(SCC2CNCCO2)c1. The summed E-state index contributed by atoms with van der Waals surface area (Å²) in [6, 6.07) is 2.26. The quantitative estimate of drug-likeness (QED) is 0.830. The molecule has 3 nitrogen and oxygen atoms in total. The molecule has 1 unspecified atom stereocenters. The van der Waals surface area contributed by atoms with E-state index < -0.39 is 0 Å². The van der Waals surface area contributed by atoms with E-state index in [1.807, 2.05) is 24.2 Å². The van der Waals surface area contributed by atoms with E-state index in [-0.39, 0.29) is 0 Å². The average molecular weight is 266 g/mol. The molecule has 1 aromatic heterocycles. The first kappa shape index (κ1) is 13.8. The molecule has 0 bridgehead atoms. The Morgan fingerprint density at radius 1 is 1.50 bits per heavy atom. The van der Waals surface area contributed by atoms with E-state index in [9.17, 15) is 0 Å². The fourth-order valence-corrected chi connectivity index (χ4v) is 3.00. The second-order valence-electron chi connectivity index (χ2n) is 5.13. The minimum Gasteiger partial charge on any atom is -0.375 e. The summed E-state index contributed by atoms with van der Waals surface area (Å²) in [5.74, 6) is 1.68. The van der Waals surface area contributed by atoms with Crippen molar-refractivity contribution in [2.24, 2.45) is 5.92 Å². The van der Waals surface area contributed by atoms with Crippen molar-refractivity contribution in [1.82, 2.24) is 10.3 Å². The number of rotatable bonds is 5. The molecule has 4 heteroatoms. The fraction of sp³-hybridized carbons (Fsp3) is 0.643. The van der Waals surface area contributed by atoms with Crippen LogP contribution in [0.5, 0.6) is 0 Å². The van der Waals surface area contributed by atoms with Gasteiger partial charge in [0.15, 0.2) is 0 Å². The van der Waals surface area contributed by atoms with E-state index in [1.54, 1.807) is 0 Å². The highest BCUT2D eigenvalue weighted by molar-refractivity contribution is 7.99. The maximum atomic E-state index is 5.69. The van der Waals surface area contributed by atoms with E-state index >= 15 is 0 Å². The summed E-state index contributed by atoms with van der Waals surface area (Å²) in [4.78, 5) is 5.58. The average Bonchev–Trinajstić information content (AvgIpc) is 2.37. The van der Waals surface area contributed by atoms with Crippen LogP contribution in [0.3, 0.4) is 0 Å². The first-order chi connectivity index (χ1) is 8.74. The van der Waals surface area contributed by atoms with Crippen molar-refractivity contribution >= 4 is 11.8 Å². The second-order valence-corrected chi connectivity index (χ2v) is 6.23. The first-order valence-electron chi connectivity index (χ1n) is 6.63. The molecule has 0 radical (unpaired) electrons. The van der Waals surface area contributed by atoms with Gasteiger partial charge in [-0.15, -0.1) is 11.8 Å². The number of morpholine rings is 1. The van der Waals surface area contributed by atoms with Gasteiger partial charge in [0.25, 0.3) is 0 Å². The maximum absolute atomic E-state index is 5.69. The van der Waals surface area contributed by atoms with E-state index in [0.29, 0.717) is 12.0 Å². The molecule has 1 atom stereocenters. The third-order valence-electron chi connectivity index (χ3n) is 2.85. The van der Waals surface area contributed by atoms with Gasteiger partial charge in [0.05, 0.1) is 12.7 Å². The van der Waals surface area contributed by atoms with E-state index in [0.717, 1.165) is 31.9 Å². The molecule has 1 aliphatic rings. The molecule has 0 saturated carbocycles. The molecular formula is C14H22N2OS. The van der Waals surface area contributed by atoms with Crippen LogP contribution in [0.4, 0.5) is 0 Å². The molecule has 0 aromatic carbocycles. The summed E-state index contributed by atoms with van der Waals surface area (Å²) >= 11 is 1.84. The van der Waals surface area contributed by atoms with Crippen LogP contribution in [0.2, 0.25) is 0 Å². The van der Waals surface area contributed by atoms with Gasteiger partial charge in [-0.25, -0.2) is 0 Å². The van der Waals surface area contributed by atoms with Crippen molar-refractivity contribution in [2.45, 2.75) is 31.3 Å². The summed E-state index contributed by atoms with van der Waals surface area (Å²) in [7, 11) is 0. The largest absolute Gasteiger partial charge is 0.375 e. The molecule has 1 aromatic rings. The zero-order valence-corrected chi connectivity index (χ0v) is 12.0. The van der Waals surface area contributed by atoms with Gasteiger partial charge in [-0.3, -0.25) is 4.98 Å². The third kappa shape index (κ3) is 4.59. The number of thioether (sulfide) groups is 1. The molecule has 18 heavy (non-hydrogen) atoms. The smallest absolute Gasteiger partial charge is 0.0793 e. The number of hydrogen-bond donors (Lipinski definition) is 1. The molecule has 1 N–H and O–H groups in total. The molecule has 1 aliphatic heterocycles. The molecule has 2 heterocycles. The summed E-state index contributed by atoms with van der Waals surface area (Å²) < 4.78 is 5.69. The van der Waals surface area contributed by atoms with Gasteiger partial charge in [-0.1, -0.05) is 13.8 Å². The van der Waals surface area contributed by atoms with Crippen molar-refractivity contribution in [3.8, 4) is 0 Å². The maximum Gasteiger partial charge on any atom is 0.0793 e. The van der Waals surface area contributed by atoms with Crippen LogP contribution in [0.15, 0.2) is 23.4 Å². The van der Waals surface area contributed by atoms with Gasteiger partial charge in [0.1, 0.15) is 0 Å². The summed E-state index contributed by atoms with van der Waals surface area (Å²) in [6.07, 6.45) is 5.36. The van der Waals surface area contributed by atoms with Crippen molar-refractivity contribution < 1.29 is 4.74 Å². The number of pyridine rings is 1. The molecular weight excluding hydrogens is 244 g/mol. The zero-order chi connectivity index (χ0) is 12.8. The molecule has 1 fully saturated rings. The molecule has 2 rings (SSSR count). The lowest BCUT2D eigenvalue weighted by molar-refractivity contribution is 0.0441. The number of ether oxygens (including phenoxy) is 1. The van der Waals surface area contributed by atoms with Crippen LogP contribution >= 0.6 is 11.8 Å². The normalized spacial score (nSPS) is 20.3. The van der Waals surface area contributed by atoms with Crippen molar-refractivity contribution in [2.75, 3.05) is 25.4 Å². The van der Waals surface area contributed by atoms with Gasteiger partial charge in [0, 0.05) is 36.1 Å². The van der Waals surface area contributed by atoms with Gasteiger partial charge in [-0.05, 0) is 24.0 Å². The fourth-order valence-electron chi connectivity index (χ4n) is 2.04. The highest BCUT2D eigenvalue weighted by atomic mass is 32.2. The Morgan fingerprint density at radius 3 is 3.11 bits per heavy atom. The topological polar surface area (TPSA) is 34.2 Å². The minimum atomic E-state index is 0.331. The Labute approximate surface area is 114 Å². The highest BCUT2D eigenvalue weighted by Gasteiger charge is 2.13. The molecule has 1 saturated heterocycles. The number of nitrogens with one attached hydrogen (secondary N) is 1.